The highest BCUT2D eigenvalue weighted by molar-refractivity contribution is 5.69. The predicted octanol–water partition coefficient (Wildman–Crippen LogP) is 5.78. The lowest BCUT2D eigenvalue weighted by atomic mass is 9.43. The van der Waals surface area contributed by atoms with Gasteiger partial charge in [-0.3, -0.25) is 4.79 Å². The third kappa shape index (κ3) is 8.07. The number of hydrogen-bond acceptors (Lipinski definition) is 8. The first-order valence-electron chi connectivity index (χ1n) is 20.0. The van der Waals surface area contributed by atoms with Crippen LogP contribution in [0, 0.1) is 46.3 Å². The fourth-order valence-corrected chi connectivity index (χ4v) is 11.5. The summed E-state index contributed by atoms with van der Waals surface area (Å²) >= 11 is 0. The lowest BCUT2D eigenvalue weighted by molar-refractivity contribution is -0.686. The van der Waals surface area contributed by atoms with Crippen LogP contribution < -0.4 is 18.9 Å². The molecule has 0 saturated heterocycles. The van der Waals surface area contributed by atoms with E-state index in [2.05, 4.69) is 20.8 Å². The van der Waals surface area contributed by atoms with Crippen LogP contribution in [-0.2, 0) is 41.7 Å². The van der Waals surface area contributed by atoms with E-state index in [1.54, 1.807) is 0 Å². The minimum Gasteiger partial charge on any atom is -0.469 e. The molecule has 2 heterocycles. The molecule has 2 aromatic heterocycles. The first-order chi connectivity index (χ1) is 25.2. The number of carbonyl (C=O) groups excluding carboxylic acids is 3. The van der Waals surface area contributed by atoms with Gasteiger partial charge < -0.3 is 24.0 Å². The lowest BCUT2D eigenvalue weighted by Crippen LogP contribution is -2.60. The van der Waals surface area contributed by atoms with E-state index in [1.165, 1.54) is 7.11 Å². The fraction of sp³-hybridized carbons (Fsp3) is 0.698. The summed E-state index contributed by atoms with van der Waals surface area (Å²) < 4.78 is 21.6. The second kappa shape index (κ2) is 16.0. The molecule has 4 fully saturated rings. The Bertz CT molecular complexity index is 1600. The summed E-state index contributed by atoms with van der Waals surface area (Å²) in [7, 11) is 9.48. The average molecular weight is 733 g/mol. The smallest absolute Gasteiger partial charge is 0.372 e. The molecule has 290 valence electrons. The molecule has 0 radical (unpaired) electrons. The van der Waals surface area contributed by atoms with E-state index in [-0.39, 0.29) is 54.0 Å². The van der Waals surface area contributed by atoms with Crippen LogP contribution in [0.2, 0.25) is 0 Å². The van der Waals surface area contributed by atoms with Gasteiger partial charge in [-0.15, -0.1) is 0 Å². The highest BCUT2D eigenvalue weighted by Crippen LogP contribution is 2.69. The Morgan fingerprint density at radius 3 is 1.92 bits per heavy atom. The summed E-state index contributed by atoms with van der Waals surface area (Å²) in [6, 6.07) is 8.05. The molecule has 4 saturated carbocycles. The molecular formula is C43H64N4O6+2. The van der Waals surface area contributed by atoms with Crippen LogP contribution in [-0.4, -0.2) is 65.4 Å². The molecule has 0 spiro atoms. The summed E-state index contributed by atoms with van der Waals surface area (Å²) in [4.78, 5) is 43.2. The van der Waals surface area contributed by atoms with Crippen LogP contribution in [0.1, 0.15) is 85.0 Å². The molecule has 10 nitrogen and oxygen atoms in total. The summed E-state index contributed by atoms with van der Waals surface area (Å²) in [6.45, 7) is 7.57. The number of rotatable bonds is 12. The molecular weight excluding hydrogens is 668 g/mol. The van der Waals surface area contributed by atoms with Gasteiger partial charge in [-0.25, -0.2) is 9.59 Å². The highest BCUT2D eigenvalue weighted by atomic mass is 16.5. The van der Waals surface area contributed by atoms with Crippen LogP contribution in [0.25, 0.3) is 0 Å². The second-order valence-corrected chi connectivity index (χ2v) is 17.6. The zero-order valence-corrected chi connectivity index (χ0v) is 33.5. The van der Waals surface area contributed by atoms with Gasteiger partial charge in [-0.05, 0) is 98.7 Å². The number of carbonyl (C=O) groups is 3. The minimum atomic E-state index is -0.196. The van der Waals surface area contributed by atoms with Crippen LogP contribution in [0.4, 0.5) is 11.4 Å². The molecule has 6 rings (SSSR count). The Labute approximate surface area is 317 Å². The van der Waals surface area contributed by atoms with Gasteiger partial charge >= 0.3 is 17.9 Å². The molecule has 0 amide bonds. The van der Waals surface area contributed by atoms with E-state index in [4.69, 9.17) is 14.2 Å². The first-order valence-corrected chi connectivity index (χ1v) is 20.0. The average Bonchev–Trinajstić information content (AvgIpc) is 3.49. The van der Waals surface area contributed by atoms with Crippen LogP contribution in [0.5, 0.6) is 0 Å². The van der Waals surface area contributed by atoms with Gasteiger partial charge in [0, 0.05) is 75.7 Å². The van der Waals surface area contributed by atoms with Gasteiger partial charge in [0.05, 0.1) is 7.11 Å². The number of ether oxygens (including phenoxy) is 3. The van der Waals surface area contributed by atoms with Crippen molar-refractivity contribution in [2.24, 2.45) is 46.3 Å². The maximum absolute atomic E-state index is 13.8. The number of hydrogen-bond donors (Lipinski definition) is 0. The van der Waals surface area contributed by atoms with Crippen molar-refractivity contribution in [2.45, 2.75) is 110 Å². The van der Waals surface area contributed by atoms with Crippen molar-refractivity contribution in [1.29, 1.82) is 0 Å². The maximum Gasteiger partial charge on any atom is 0.372 e. The Kier molecular flexibility index (Phi) is 11.7. The van der Waals surface area contributed by atoms with E-state index in [9.17, 15) is 14.4 Å². The molecule has 4 aliphatic rings. The Balaban J connectivity index is 1.18. The van der Waals surface area contributed by atoms with Crippen molar-refractivity contribution in [1.82, 2.24) is 0 Å². The maximum atomic E-state index is 13.8. The van der Waals surface area contributed by atoms with Gasteiger partial charge in [0.1, 0.15) is 12.2 Å². The Hall–Kier alpha value is -3.69. The number of nitrogens with zero attached hydrogens (tertiary/aromatic N) is 4. The van der Waals surface area contributed by atoms with Gasteiger partial charge in [-0.1, -0.05) is 20.8 Å². The zero-order valence-electron chi connectivity index (χ0n) is 33.5. The van der Waals surface area contributed by atoms with Crippen molar-refractivity contribution < 1.29 is 37.7 Å². The van der Waals surface area contributed by atoms with E-state index >= 15 is 0 Å². The predicted molar refractivity (Wildman–Crippen MR) is 203 cm³/mol. The number of methoxy groups -OCH3 is 1. The van der Waals surface area contributed by atoms with Gasteiger partial charge in [0.2, 0.25) is 13.1 Å². The van der Waals surface area contributed by atoms with E-state index < -0.39 is 0 Å². The molecule has 2 aromatic rings. The molecule has 0 aliphatic heterocycles. The number of esters is 3. The summed E-state index contributed by atoms with van der Waals surface area (Å²) in [5.41, 5.74) is 2.10. The largest absolute Gasteiger partial charge is 0.469 e. The number of aromatic nitrogens is 2. The second-order valence-electron chi connectivity index (χ2n) is 17.6. The molecule has 10 heteroatoms. The topological polar surface area (TPSA) is 93.1 Å². The van der Waals surface area contributed by atoms with Crippen LogP contribution in [0.15, 0.2) is 49.1 Å². The molecule has 0 N–H and O–H groups in total. The van der Waals surface area contributed by atoms with Gasteiger partial charge in [-0.2, -0.15) is 9.13 Å². The standard InChI is InChI=1S/C43H64N4O6/c1-29(9-14-39(48)51-8)35-12-13-36-34-11-10-30-25-33(52-40(49)27-46-21-16-31(17-22-46)44(4)5)15-20-42(30,2)37(34)26-38(43(35,36)3)53-41(50)28-47-23-18-32(19-24-47)45(6)7/h16-19,21-24,29-30,33-38H,9-15,20,25-28H2,1-8H3/q+2/t29-,30-,33-,34+,35-,36+,37+,38+,42+,43-/m1/s1. The normalized spacial score (nSPS) is 32.3. The number of fused-ring (bicyclic) bond motifs is 5. The van der Waals surface area contributed by atoms with Crippen molar-refractivity contribution in [3.63, 3.8) is 0 Å². The summed E-state index contributed by atoms with van der Waals surface area (Å²) in [6.07, 6.45) is 16.9. The van der Waals surface area contributed by atoms with Crippen molar-refractivity contribution >= 4 is 29.3 Å². The summed E-state index contributed by atoms with van der Waals surface area (Å²) in [5.74, 6) is 2.08. The Morgan fingerprint density at radius 1 is 0.774 bits per heavy atom. The number of anilines is 2. The molecule has 0 bridgehead atoms. The van der Waals surface area contributed by atoms with Crippen LogP contribution in [0.3, 0.4) is 0 Å². The van der Waals surface area contributed by atoms with Crippen molar-refractivity contribution in [2.75, 3.05) is 45.1 Å². The van der Waals surface area contributed by atoms with Gasteiger partial charge in [0.25, 0.3) is 0 Å². The Morgan fingerprint density at radius 2 is 1.36 bits per heavy atom. The molecule has 53 heavy (non-hydrogen) atoms. The van der Waals surface area contributed by atoms with E-state index in [0.29, 0.717) is 41.9 Å². The molecule has 0 unspecified atom stereocenters. The fourth-order valence-electron chi connectivity index (χ4n) is 11.5. The van der Waals surface area contributed by atoms with Crippen molar-refractivity contribution in [3.8, 4) is 0 Å². The lowest BCUT2D eigenvalue weighted by Gasteiger charge is -2.62. The van der Waals surface area contributed by atoms with Crippen LogP contribution >= 0.6 is 0 Å². The number of pyridine rings is 2. The summed E-state index contributed by atoms with van der Waals surface area (Å²) in [5, 5.41) is 0. The monoisotopic (exact) mass is 732 g/mol. The van der Waals surface area contributed by atoms with E-state index in [1.807, 2.05) is 96.2 Å². The third-order valence-electron chi connectivity index (χ3n) is 14.5. The molecule has 10 atom stereocenters. The minimum absolute atomic E-state index is 0.0660. The molecule has 4 aliphatic carbocycles. The highest BCUT2D eigenvalue weighted by Gasteiger charge is 2.65. The zero-order chi connectivity index (χ0) is 38.1. The molecule has 0 aromatic carbocycles. The SMILES string of the molecule is COC(=O)CC[C@@H](C)[C@H]1CC[C@H]2[C@@H]3CC[C@@H]4C[C@H](OC(=O)C[n+]5ccc(N(C)C)cc5)CC[C@]4(C)[C@H]3C[C@H](OC(=O)C[n+]3ccc(N(C)C)cc3)[C@]12C. The van der Waals surface area contributed by atoms with Gasteiger partial charge in [0.15, 0.2) is 24.8 Å². The quantitative estimate of drug-likeness (QED) is 0.154. The van der Waals surface area contributed by atoms with Crippen molar-refractivity contribution in [3.05, 3.63) is 49.1 Å². The third-order valence-corrected chi connectivity index (χ3v) is 14.5. The first kappa shape index (κ1) is 39.0. The van der Waals surface area contributed by atoms with E-state index in [0.717, 1.165) is 69.2 Å².